The predicted molar refractivity (Wildman–Crippen MR) is 91.2 cm³/mol. The average molecular weight is 345 g/mol. The second-order valence-corrected chi connectivity index (χ2v) is 7.75. The largest absolute Gasteiger partial charge is 0.462 e. The summed E-state index contributed by atoms with van der Waals surface area (Å²) in [5.41, 5.74) is 0.803. The van der Waals surface area contributed by atoms with Crippen LogP contribution in [0.15, 0.2) is 59.5 Å². The van der Waals surface area contributed by atoms with E-state index in [0.29, 0.717) is 29.7 Å². The van der Waals surface area contributed by atoms with Crippen molar-refractivity contribution in [3.8, 4) is 0 Å². The zero-order chi connectivity index (χ0) is 17.2. The van der Waals surface area contributed by atoms with Crippen LogP contribution in [0.25, 0.3) is 0 Å². The molecule has 2 aromatic rings. The molecule has 0 radical (unpaired) electrons. The Balaban J connectivity index is 1.63. The fourth-order valence-corrected chi connectivity index (χ4v) is 3.47. The van der Waals surface area contributed by atoms with E-state index in [1.807, 2.05) is 0 Å². The normalized spacial score (nSPS) is 19.5. The van der Waals surface area contributed by atoms with Gasteiger partial charge in [0.2, 0.25) is 0 Å². The Hall–Kier alpha value is -2.34. The van der Waals surface area contributed by atoms with E-state index in [4.69, 9.17) is 4.74 Å². The first kappa shape index (κ1) is 16.5. The monoisotopic (exact) mass is 345 g/mol. The number of anilines is 1. The summed E-state index contributed by atoms with van der Waals surface area (Å²) >= 11 is 0. The fourth-order valence-electron chi connectivity index (χ4n) is 2.39. The van der Waals surface area contributed by atoms with Crippen LogP contribution in [0.2, 0.25) is 0 Å². The van der Waals surface area contributed by atoms with Gasteiger partial charge >= 0.3 is 5.97 Å². The van der Waals surface area contributed by atoms with Gasteiger partial charge in [-0.1, -0.05) is 25.1 Å². The van der Waals surface area contributed by atoms with Crippen LogP contribution in [0.3, 0.4) is 0 Å². The number of nitrogens with one attached hydrogen (secondary N) is 1. The summed E-state index contributed by atoms with van der Waals surface area (Å²) in [6.07, 6.45) is 1.10. The number of benzene rings is 2. The molecular formula is C18H19NO4S. The number of rotatable bonds is 6. The summed E-state index contributed by atoms with van der Waals surface area (Å²) in [4.78, 5) is 12.1. The van der Waals surface area contributed by atoms with E-state index in [-0.39, 0.29) is 10.9 Å². The first-order chi connectivity index (χ1) is 11.5. The molecule has 0 aliphatic heterocycles. The van der Waals surface area contributed by atoms with Crippen LogP contribution < -0.4 is 4.72 Å². The summed E-state index contributed by atoms with van der Waals surface area (Å²) < 4.78 is 32.2. The lowest BCUT2D eigenvalue weighted by Crippen LogP contribution is -2.13. The Morgan fingerprint density at radius 3 is 2.33 bits per heavy atom. The van der Waals surface area contributed by atoms with Crippen molar-refractivity contribution in [3.05, 3.63) is 60.2 Å². The van der Waals surface area contributed by atoms with E-state index in [9.17, 15) is 13.2 Å². The average Bonchev–Trinajstić information content (AvgIpc) is 3.29. The highest BCUT2D eigenvalue weighted by atomic mass is 32.2. The van der Waals surface area contributed by atoms with Gasteiger partial charge in [-0.05, 0) is 54.7 Å². The highest BCUT2D eigenvalue weighted by molar-refractivity contribution is 7.92. The summed E-state index contributed by atoms with van der Waals surface area (Å²) in [5, 5.41) is 0. The number of carbonyl (C=O) groups excluding carboxylic acids is 1. The maximum atomic E-state index is 12.2. The molecular weight excluding hydrogens is 326 g/mol. The van der Waals surface area contributed by atoms with E-state index in [0.717, 1.165) is 6.42 Å². The van der Waals surface area contributed by atoms with Crippen molar-refractivity contribution in [2.75, 3.05) is 11.3 Å². The molecule has 126 valence electrons. The van der Waals surface area contributed by atoms with Gasteiger partial charge in [0.1, 0.15) is 0 Å². The van der Waals surface area contributed by atoms with Gasteiger partial charge in [0, 0.05) is 5.69 Å². The predicted octanol–water partition coefficient (Wildman–Crippen LogP) is 3.30. The SMILES string of the molecule is CC1CC1COC(=O)c1ccc(NS(=O)(=O)c2ccccc2)cc1. The molecule has 1 aliphatic carbocycles. The second kappa shape index (κ2) is 6.65. The molecule has 0 saturated heterocycles. The first-order valence-corrected chi connectivity index (χ1v) is 9.29. The molecule has 0 amide bonds. The number of esters is 1. The van der Waals surface area contributed by atoms with Crippen LogP contribution >= 0.6 is 0 Å². The maximum absolute atomic E-state index is 12.2. The number of ether oxygens (including phenoxy) is 1. The van der Waals surface area contributed by atoms with Gasteiger partial charge in [0.15, 0.2) is 0 Å². The number of hydrogen-bond donors (Lipinski definition) is 1. The van der Waals surface area contributed by atoms with Crippen LogP contribution in [-0.4, -0.2) is 21.0 Å². The topological polar surface area (TPSA) is 72.5 Å². The molecule has 0 bridgehead atoms. The minimum Gasteiger partial charge on any atom is -0.462 e. The van der Waals surface area contributed by atoms with Gasteiger partial charge in [-0.2, -0.15) is 0 Å². The van der Waals surface area contributed by atoms with Crippen LogP contribution in [0.5, 0.6) is 0 Å². The zero-order valence-corrected chi connectivity index (χ0v) is 14.1. The molecule has 0 aromatic heterocycles. The summed E-state index contributed by atoms with van der Waals surface area (Å²) in [7, 11) is -3.63. The summed E-state index contributed by atoms with van der Waals surface area (Å²) in [5.74, 6) is 0.727. The lowest BCUT2D eigenvalue weighted by Gasteiger charge is -2.09. The van der Waals surface area contributed by atoms with Crippen LogP contribution in [-0.2, 0) is 14.8 Å². The Labute approximate surface area is 141 Å². The summed E-state index contributed by atoms with van der Waals surface area (Å²) in [6, 6.07) is 14.3. The minimum absolute atomic E-state index is 0.187. The van der Waals surface area contributed by atoms with Gasteiger partial charge in [-0.15, -0.1) is 0 Å². The molecule has 6 heteroatoms. The highest BCUT2D eigenvalue weighted by Gasteiger charge is 2.33. The van der Waals surface area contributed by atoms with Crippen molar-refractivity contribution in [3.63, 3.8) is 0 Å². The molecule has 1 N–H and O–H groups in total. The molecule has 5 nitrogen and oxygen atoms in total. The fraction of sp³-hybridized carbons (Fsp3) is 0.278. The van der Waals surface area contributed by atoms with Crippen molar-refractivity contribution >= 4 is 21.7 Å². The number of sulfonamides is 1. The molecule has 2 unspecified atom stereocenters. The van der Waals surface area contributed by atoms with Crippen molar-refractivity contribution in [2.24, 2.45) is 11.8 Å². The molecule has 24 heavy (non-hydrogen) atoms. The van der Waals surface area contributed by atoms with Crippen molar-refractivity contribution in [1.82, 2.24) is 0 Å². The Kier molecular flexibility index (Phi) is 4.57. The van der Waals surface area contributed by atoms with E-state index in [2.05, 4.69) is 11.6 Å². The van der Waals surface area contributed by atoms with Gasteiger partial charge < -0.3 is 4.74 Å². The molecule has 2 aromatic carbocycles. The lowest BCUT2D eigenvalue weighted by molar-refractivity contribution is 0.0481. The van der Waals surface area contributed by atoms with Gasteiger partial charge in [0.05, 0.1) is 17.1 Å². The third-order valence-electron chi connectivity index (χ3n) is 4.13. The molecule has 3 rings (SSSR count). The zero-order valence-electron chi connectivity index (χ0n) is 13.3. The molecule has 0 heterocycles. The number of hydrogen-bond acceptors (Lipinski definition) is 4. The van der Waals surface area contributed by atoms with Gasteiger partial charge in [-0.25, -0.2) is 13.2 Å². The first-order valence-electron chi connectivity index (χ1n) is 7.81. The third kappa shape index (κ3) is 3.94. The van der Waals surface area contributed by atoms with Gasteiger partial charge in [0.25, 0.3) is 10.0 Å². The van der Waals surface area contributed by atoms with E-state index in [1.165, 1.54) is 12.1 Å². The van der Waals surface area contributed by atoms with Crippen molar-refractivity contribution in [2.45, 2.75) is 18.2 Å². The molecule has 1 saturated carbocycles. The minimum atomic E-state index is -3.63. The smallest absolute Gasteiger partial charge is 0.338 e. The maximum Gasteiger partial charge on any atom is 0.338 e. The molecule has 0 spiro atoms. The highest BCUT2D eigenvalue weighted by Crippen LogP contribution is 2.37. The van der Waals surface area contributed by atoms with Crippen molar-refractivity contribution in [1.29, 1.82) is 0 Å². The number of carbonyl (C=O) groups is 1. The van der Waals surface area contributed by atoms with E-state index >= 15 is 0 Å². The molecule has 1 aliphatic rings. The molecule has 2 atom stereocenters. The Bertz CT molecular complexity index is 816. The van der Waals surface area contributed by atoms with E-state index < -0.39 is 10.0 Å². The van der Waals surface area contributed by atoms with Crippen LogP contribution in [0.4, 0.5) is 5.69 Å². The van der Waals surface area contributed by atoms with Crippen LogP contribution in [0.1, 0.15) is 23.7 Å². The second-order valence-electron chi connectivity index (χ2n) is 6.07. The van der Waals surface area contributed by atoms with Gasteiger partial charge in [-0.3, -0.25) is 4.72 Å². The van der Waals surface area contributed by atoms with Crippen LogP contribution in [0, 0.1) is 11.8 Å². The van der Waals surface area contributed by atoms with Crippen molar-refractivity contribution < 1.29 is 17.9 Å². The van der Waals surface area contributed by atoms with E-state index in [1.54, 1.807) is 42.5 Å². The Morgan fingerprint density at radius 2 is 1.75 bits per heavy atom. The third-order valence-corrected chi connectivity index (χ3v) is 5.53. The summed E-state index contributed by atoms with van der Waals surface area (Å²) in [6.45, 7) is 2.58. The lowest BCUT2D eigenvalue weighted by atomic mass is 10.2. The standard InChI is InChI=1S/C18H19NO4S/c1-13-11-15(13)12-23-18(20)14-7-9-16(10-8-14)19-24(21,22)17-5-3-2-4-6-17/h2-10,13,15,19H,11-12H2,1H3. The Morgan fingerprint density at radius 1 is 1.12 bits per heavy atom. The molecule has 1 fully saturated rings. The quantitative estimate of drug-likeness (QED) is 0.815.